The zero-order valence-electron chi connectivity index (χ0n) is 18.0. The molecule has 0 N–H and O–H groups in total. The molecule has 166 valence electrons. The molecule has 7 nitrogen and oxygen atoms in total. The second kappa shape index (κ2) is 8.06. The van der Waals surface area contributed by atoms with Gasteiger partial charge in [-0.2, -0.15) is 0 Å². The van der Waals surface area contributed by atoms with Crippen molar-refractivity contribution in [3.8, 4) is 11.5 Å². The van der Waals surface area contributed by atoms with Gasteiger partial charge in [0.05, 0.1) is 29.6 Å². The Morgan fingerprint density at radius 3 is 2.50 bits per heavy atom. The molecule has 1 aromatic heterocycles. The molecule has 1 saturated heterocycles. The van der Waals surface area contributed by atoms with Gasteiger partial charge >= 0.3 is 0 Å². The highest BCUT2D eigenvalue weighted by Crippen LogP contribution is 2.33. The van der Waals surface area contributed by atoms with Crippen LogP contribution in [0.1, 0.15) is 17.3 Å². The van der Waals surface area contributed by atoms with Crippen molar-refractivity contribution in [2.24, 2.45) is 0 Å². The first-order chi connectivity index (χ1) is 15.5. The van der Waals surface area contributed by atoms with Gasteiger partial charge in [-0.25, -0.2) is 0 Å². The number of carbonyl (C=O) groups excluding carboxylic acids is 1. The van der Waals surface area contributed by atoms with Gasteiger partial charge in [0, 0.05) is 38.1 Å². The van der Waals surface area contributed by atoms with E-state index in [1.807, 2.05) is 35.8 Å². The minimum Gasteiger partial charge on any atom is -0.497 e. The molecule has 8 heteroatoms. The van der Waals surface area contributed by atoms with Crippen LogP contribution in [-0.4, -0.2) is 54.8 Å². The normalized spacial score (nSPS) is 17.9. The maximum atomic E-state index is 13.4. The van der Waals surface area contributed by atoms with Gasteiger partial charge in [-0.05, 0) is 43.3 Å². The van der Waals surface area contributed by atoms with E-state index in [4.69, 9.17) is 21.1 Å². The number of aromatic nitrogens is 1. The van der Waals surface area contributed by atoms with Gasteiger partial charge in [-0.3, -0.25) is 9.59 Å². The lowest BCUT2D eigenvalue weighted by molar-refractivity contribution is 0.0744. The Kier molecular flexibility index (Phi) is 5.21. The van der Waals surface area contributed by atoms with Gasteiger partial charge < -0.3 is 23.8 Å². The Hall–Kier alpha value is -3.19. The van der Waals surface area contributed by atoms with Crippen LogP contribution in [0.15, 0.2) is 47.4 Å². The van der Waals surface area contributed by atoms with Crippen LogP contribution in [0, 0.1) is 0 Å². The van der Waals surface area contributed by atoms with Gasteiger partial charge in [0.25, 0.3) is 5.91 Å². The van der Waals surface area contributed by atoms with E-state index in [0.29, 0.717) is 54.4 Å². The Morgan fingerprint density at radius 2 is 1.81 bits per heavy atom. The molecule has 1 fully saturated rings. The number of amides is 1. The van der Waals surface area contributed by atoms with Crippen molar-refractivity contribution in [3.05, 3.63) is 63.4 Å². The minimum absolute atomic E-state index is 0.0645. The molecular weight excluding hydrogens is 430 g/mol. The maximum Gasteiger partial charge on any atom is 0.259 e. The smallest absolute Gasteiger partial charge is 0.259 e. The summed E-state index contributed by atoms with van der Waals surface area (Å²) < 4.78 is 13.0. The van der Waals surface area contributed by atoms with Crippen molar-refractivity contribution in [1.82, 2.24) is 9.47 Å². The Balaban J connectivity index is 1.42. The highest BCUT2D eigenvalue weighted by molar-refractivity contribution is 6.35. The van der Waals surface area contributed by atoms with E-state index >= 15 is 0 Å². The molecule has 1 amide bonds. The second-order valence-electron chi connectivity index (χ2n) is 8.20. The third kappa shape index (κ3) is 3.46. The van der Waals surface area contributed by atoms with E-state index in [9.17, 15) is 9.59 Å². The lowest BCUT2D eigenvalue weighted by Crippen LogP contribution is -2.49. The first kappa shape index (κ1) is 20.7. The molecule has 2 aliphatic rings. The standard InChI is InChI=1S/C24H24ClN3O4/c1-15-13-28-14-18(23(29)21-19(25)7-8-20(32-15)22(21)28)24(30)27-11-9-26(10-12-27)16-3-5-17(31-2)6-4-16/h3-8,14-15H,9-13H2,1-2H3/t15-/m1/s1. The predicted octanol–water partition coefficient (Wildman–Crippen LogP) is 3.41. The minimum atomic E-state index is -0.344. The average Bonchev–Trinajstić information content (AvgIpc) is 2.82. The van der Waals surface area contributed by atoms with E-state index in [1.165, 1.54) is 0 Å². The van der Waals surface area contributed by atoms with Crippen LogP contribution < -0.4 is 19.8 Å². The summed E-state index contributed by atoms with van der Waals surface area (Å²) in [6.07, 6.45) is 1.60. The zero-order chi connectivity index (χ0) is 22.4. The molecule has 0 aliphatic carbocycles. The van der Waals surface area contributed by atoms with Crippen molar-refractivity contribution >= 4 is 34.1 Å². The quantitative estimate of drug-likeness (QED) is 0.608. The number of benzene rings is 2. The fraction of sp³-hybridized carbons (Fsp3) is 0.333. The van der Waals surface area contributed by atoms with Crippen LogP contribution in [0.5, 0.6) is 11.5 Å². The molecule has 0 radical (unpaired) electrons. The number of ether oxygens (including phenoxy) is 2. The molecule has 0 saturated carbocycles. The highest BCUT2D eigenvalue weighted by Gasteiger charge is 2.28. The zero-order valence-corrected chi connectivity index (χ0v) is 18.8. The molecule has 5 rings (SSSR count). The molecule has 0 bridgehead atoms. The SMILES string of the molecule is COc1ccc(N2CCN(C(=O)c3cn4c5c(ccc(Cl)c5c3=O)O[C@H](C)C4)CC2)cc1. The van der Waals surface area contributed by atoms with E-state index in [2.05, 4.69) is 4.90 Å². The van der Waals surface area contributed by atoms with Crippen molar-refractivity contribution in [3.63, 3.8) is 0 Å². The fourth-order valence-electron chi connectivity index (χ4n) is 4.52. The Morgan fingerprint density at radius 1 is 1.09 bits per heavy atom. The lowest BCUT2D eigenvalue weighted by Gasteiger charge is -2.36. The molecule has 2 aliphatic heterocycles. The molecule has 3 heterocycles. The summed E-state index contributed by atoms with van der Waals surface area (Å²) in [6, 6.07) is 11.3. The molecule has 2 aromatic carbocycles. The predicted molar refractivity (Wildman–Crippen MR) is 124 cm³/mol. The molecule has 1 atom stereocenters. The van der Waals surface area contributed by atoms with Gasteiger partial charge in [-0.15, -0.1) is 0 Å². The molecule has 32 heavy (non-hydrogen) atoms. The number of hydrogen-bond acceptors (Lipinski definition) is 5. The number of piperazine rings is 1. The molecule has 0 unspecified atom stereocenters. The number of carbonyl (C=O) groups is 1. The number of halogens is 1. The van der Waals surface area contributed by atoms with Crippen LogP contribution >= 0.6 is 11.6 Å². The number of hydrogen-bond donors (Lipinski definition) is 0. The third-order valence-corrected chi connectivity index (χ3v) is 6.47. The van der Waals surface area contributed by atoms with Gasteiger partial charge in [-0.1, -0.05) is 11.6 Å². The Bertz CT molecular complexity index is 1250. The number of rotatable bonds is 3. The lowest BCUT2D eigenvalue weighted by atomic mass is 10.1. The average molecular weight is 454 g/mol. The fourth-order valence-corrected chi connectivity index (χ4v) is 4.75. The molecular formula is C24H24ClN3O4. The number of anilines is 1. The summed E-state index contributed by atoms with van der Waals surface area (Å²) in [5.41, 5.74) is 1.55. The first-order valence-electron chi connectivity index (χ1n) is 10.7. The Labute approximate surface area is 190 Å². The monoisotopic (exact) mass is 453 g/mol. The van der Waals surface area contributed by atoms with Crippen molar-refractivity contribution in [1.29, 1.82) is 0 Å². The summed E-state index contributed by atoms with van der Waals surface area (Å²) >= 11 is 6.39. The van der Waals surface area contributed by atoms with Crippen LogP contribution in [0.25, 0.3) is 10.9 Å². The van der Waals surface area contributed by atoms with E-state index in [0.717, 1.165) is 11.4 Å². The van der Waals surface area contributed by atoms with Gasteiger partial charge in [0.2, 0.25) is 5.43 Å². The summed E-state index contributed by atoms with van der Waals surface area (Å²) in [5, 5.41) is 0.679. The summed E-state index contributed by atoms with van der Waals surface area (Å²) in [7, 11) is 1.64. The van der Waals surface area contributed by atoms with E-state index in [1.54, 1.807) is 30.3 Å². The molecule has 3 aromatic rings. The van der Waals surface area contributed by atoms with Crippen molar-refractivity contribution < 1.29 is 14.3 Å². The largest absolute Gasteiger partial charge is 0.497 e. The number of methoxy groups -OCH3 is 1. The van der Waals surface area contributed by atoms with E-state index < -0.39 is 0 Å². The van der Waals surface area contributed by atoms with Crippen LogP contribution in [0.2, 0.25) is 5.02 Å². The second-order valence-corrected chi connectivity index (χ2v) is 8.61. The number of pyridine rings is 1. The highest BCUT2D eigenvalue weighted by atomic mass is 35.5. The topological polar surface area (TPSA) is 64.0 Å². The van der Waals surface area contributed by atoms with Crippen LogP contribution in [0.3, 0.4) is 0 Å². The summed E-state index contributed by atoms with van der Waals surface area (Å²) in [6.45, 7) is 4.97. The van der Waals surface area contributed by atoms with Crippen LogP contribution in [-0.2, 0) is 6.54 Å². The maximum absolute atomic E-state index is 13.4. The van der Waals surface area contributed by atoms with Crippen molar-refractivity contribution in [2.75, 3.05) is 38.2 Å². The van der Waals surface area contributed by atoms with Gasteiger partial charge in [0.1, 0.15) is 23.2 Å². The van der Waals surface area contributed by atoms with Crippen molar-refractivity contribution in [2.45, 2.75) is 19.6 Å². The van der Waals surface area contributed by atoms with Crippen LogP contribution in [0.4, 0.5) is 5.69 Å². The first-order valence-corrected chi connectivity index (χ1v) is 11.0. The third-order valence-electron chi connectivity index (χ3n) is 6.15. The van der Waals surface area contributed by atoms with Gasteiger partial charge in [0.15, 0.2) is 0 Å². The summed E-state index contributed by atoms with van der Waals surface area (Å²) in [5.74, 6) is 1.17. The summed E-state index contributed by atoms with van der Waals surface area (Å²) in [4.78, 5) is 30.6. The molecule has 0 spiro atoms. The van der Waals surface area contributed by atoms with E-state index in [-0.39, 0.29) is 23.0 Å². The number of nitrogens with zero attached hydrogens (tertiary/aromatic N) is 3.